The molecule has 5 nitrogen and oxygen atoms in total. The van der Waals surface area contributed by atoms with Gasteiger partial charge in [0.05, 0.1) is 0 Å². The molecule has 5 heteroatoms. The largest absolute Gasteiger partial charge is 0.348 e. The molecule has 3 rings (SSSR count). The van der Waals surface area contributed by atoms with Crippen molar-refractivity contribution in [3.63, 3.8) is 0 Å². The standard InChI is InChI=1S/C22H29N3O2/c1-16-10-17(2)14-25(13-16)15-20-7-5-4-6-19(20)12-23-22(27)18-8-9-24(3)21(26)11-18/h4-9,11,16-17H,10,12-15H2,1-3H3,(H,23,27)/t16-,17-/m0/s1. The van der Waals surface area contributed by atoms with Crippen LogP contribution >= 0.6 is 0 Å². The lowest BCUT2D eigenvalue weighted by Gasteiger charge is -2.35. The third-order valence-electron chi connectivity index (χ3n) is 5.26. The first-order chi connectivity index (χ1) is 12.9. The van der Waals surface area contributed by atoms with Crippen LogP contribution in [0.3, 0.4) is 0 Å². The Balaban J connectivity index is 1.66. The van der Waals surface area contributed by atoms with Crippen LogP contribution in [0.1, 0.15) is 41.8 Å². The smallest absolute Gasteiger partial charge is 0.251 e. The minimum atomic E-state index is -0.220. The molecule has 0 radical (unpaired) electrons. The number of pyridine rings is 1. The fourth-order valence-corrected chi connectivity index (χ4v) is 4.01. The van der Waals surface area contributed by atoms with Crippen molar-refractivity contribution < 1.29 is 4.79 Å². The van der Waals surface area contributed by atoms with Gasteiger partial charge in [-0.15, -0.1) is 0 Å². The van der Waals surface area contributed by atoms with Crippen LogP contribution < -0.4 is 10.9 Å². The van der Waals surface area contributed by atoms with Crippen LogP contribution in [0.25, 0.3) is 0 Å². The van der Waals surface area contributed by atoms with E-state index in [2.05, 4.69) is 42.3 Å². The molecule has 1 amide bonds. The van der Waals surface area contributed by atoms with E-state index in [0.717, 1.165) is 37.0 Å². The van der Waals surface area contributed by atoms with Crippen LogP contribution in [-0.4, -0.2) is 28.5 Å². The summed E-state index contributed by atoms with van der Waals surface area (Å²) in [6.07, 6.45) is 2.91. The van der Waals surface area contributed by atoms with Crippen molar-refractivity contribution in [2.24, 2.45) is 18.9 Å². The molecule has 1 N–H and O–H groups in total. The zero-order valence-corrected chi connectivity index (χ0v) is 16.4. The van der Waals surface area contributed by atoms with E-state index in [1.165, 1.54) is 22.6 Å². The molecular weight excluding hydrogens is 338 g/mol. The van der Waals surface area contributed by atoms with Gasteiger partial charge in [0.1, 0.15) is 0 Å². The lowest BCUT2D eigenvalue weighted by atomic mass is 9.91. The Kier molecular flexibility index (Phi) is 6.11. The van der Waals surface area contributed by atoms with Gasteiger partial charge in [0.15, 0.2) is 0 Å². The van der Waals surface area contributed by atoms with Gasteiger partial charge in [-0.3, -0.25) is 14.5 Å². The normalized spacial score (nSPS) is 20.4. The summed E-state index contributed by atoms with van der Waals surface area (Å²) in [6, 6.07) is 11.3. The molecule has 0 bridgehead atoms. The molecule has 1 aliphatic rings. The molecule has 2 atom stereocenters. The number of nitrogens with zero attached hydrogens (tertiary/aromatic N) is 2. The van der Waals surface area contributed by atoms with Gasteiger partial charge in [0.25, 0.3) is 11.5 Å². The molecule has 0 aliphatic carbocycles. The van der Waals surface area contributed by atoms with Crippen molar-refractivity contribution in [1.82, 2.24) is 14.8 Å². The topological polar surface area (TPSA) is 54.3 Å². The molecule has 1 aliphatic heterocycles. The number of carbonyl (C=O) groups is 1. The highest BCUT2D eigenvalue weighted by atomic mass is 16.2. The van der Waals surface area contributed by atoms with E-state index in [1.807, 2.05) is 6.07 Å². The molecule has 2 heterocycles. The second kappa shape index (κ2) is 8.53. The van der Waals surface area contributed by atoms with Gasteiger partial charge in [-0.2, -0.15) is 0 Å². The SMILES string of the molecule is C[C@H]1C[C@H](C)CN(Cc2ccccc2CNC(=O)c2ccn(C)c(=O)c2)C1. The summed E-state index contributed by atoms with van der Waals surface area (Å²) in [5.74, 6) is 1.23. The first-order valence-corrected chi connectivity index (χ1v) is 9.66. The summed E-state index contributed by atoms with van der Waals surface area (Å²) < 4.78 is 1.45. The van der Waals surface area contributed by atoms with Crippen molar-refractivity contribution in [3.05, 3.63) is 69.6 Å². The minimum absolute atomic E-state index is 0.184. The zero-order valence-electron chi connectivity index (χ0n) is 16.4. The molecule has 0 saturated carbocycles. The maximum absolute atomic E-state index is 12.4. The number of aryl methyl sites for hydroxylation is 1. The second-order valence-corrected chi connectivity index (χ2v) is 7.96. The van der Waals surface area contributed by atoms with Crippen molar-refractivity contribution >= 4 is 5.91 Å². The molecule has 27 heavy (non-hydrogen) atoms. The highest BCUT2D eigenvalue weighted by Gasteiger charge is 2.22. The van der Waals surface area contributed by atoms with Crippen molar-refractivity contribution in [2.75, 3.05) is 13.1 Å². The number of benzene rings is 1. The number of aromatic nitrogens is 1. The van der Waals surface area contributed by atoms with E-state index in [1.54, 1.807) is 19.3 Å². The van der Waals surface area contributed by atoms with E-state index in [0.29, 0.717) is 12.1 Å². The Morgan fingerprint density at radius 3 is 2.44 bits per heavy atom. The first-order valence-electron chi connectivity index (χ1n) is 9.66. The number of nitrogens with one attached hydrogen (secondary N) is 1. The summed E-state index contributed by atoms with van der Waals surface area (Å²) in [5.41, 5.74) is 2.59. The Labute approximate surface area is 161 Å². The van der Waals surface area contributed by atoms with Gasteiger partial charge < -0.3 is 9.88 Å². The molecule has 144 valence electrons. The fourth-order valence-electron chi connectivity index (χ4n) is 4.01. The molecule has 0 spiro atoms. The van der Waals surface area contributed by atoms with Gasteiger partial charge in [-0.05, 0) is 35.4 Å². The van der Waals surface area contributed by atoms with Crippen LogP contribution in [0.15, 0.2) is 47.4 Å². The summed E-state index contributed by atoms with van der Waals surface area (Å²) in [5, 5.41) is 2.95. The van der Waals surface area contributed by atoms with Crippen molar-refractivity contribution in [1.29, 1.82) is 0 Å². The van der Waals surface area contributed by atoms with E-state index in [4.69, 9.17) is 0 Å². The van der Waals surface area contributed by atoms with Crippen LogP contribution in [0.4, 0.5) is 0 Å². The quantitative estimate of drug-likeness (QED) is 0.884. The summed E-state index contributed by atoms with van der Waals surface area (Å²) >= 11 is 0. The molecule has 2 aromatic rings. The molecule has 0 unspecified atom stereocenters. The number of amides is 1. The summed E-state index contributed by atoms with van der Waals surface area (Å²) in [7, 11) is 1.67. The first kappa shape index (κ1) is 19.4. The minimum Gasteiger partial charge on any atom is -0.348 e. The lowest BCUT2D eigenvalue weighted by molar-refractivity contribution is 0.0950. The number of piperidine rings is 1. The Bertz CT molecular complexity index is 849. The Morgan fingerprint density at radius 1 is 1.11 bits per heavy atom. The van der Waals surface area contributed by atoms with Crippen molar-refractivity contribution in [2.45, 2.75) is 33.4 Å². The number of hydrogen-bond acceptors (Lipinski definition) is 3. The van der Waals surface area contributed by atoms with E-state index < -0.39 is 0 Å². The van der Waals surface area contributed by atoms with Gasteiger partial charge in [-0.25, -0.2) is 0 Å². The van der Waals surface area contributed by atoms with Crippen LogP contribution in [0.2, 0.25) is 0 Å². The van der Waals surface area contributed by atoms with Crippen molar-refractivity contribution in [3.8, 4) is 0 Å². The average molecular weight is 367 g/mol. The van der Waals surface area contributed by atoms with Gasteiger partial charge >= 0.3 is 0 Å². The predicted octanol–water partition coefficient (Wildman–Crippen LogP) is 2.79. The number of hydrogen-bond donors (Lipinski definition) is 1. The Morgan fingerprint density at radius 2 is 1.78 bits per heavy atom. The zero-order chi connectivity index (χ0) is 19.4. The summed E-state index contributed by atoms with van der Waals surface area (Å²) in [6.45, 7) is 8.25. The maximum atomic E-state index is 12.4. The average Bonchev–Trinajstić information content (AvgIpc) is 2.62. The van der Waals surface area contributed by atoms with Crippen LogP contribution in [0.5, 0.6) is 0 Å². The number of likely N-dealkylation sites (tertiary alicyclic amines) is 1. The Hall–Kier alpha value is -2.40. The fraction of sp³-hybridized carbons (Fsp3) is 0.455. The number of rotatable bonds is 5. The third kappa shape index (κ3) is 5.07. The molecule has 1 fully saturated rings. The predicted molar refractivity (Wildman–Crippen MR) is 108 cm³/mol. The van der Waals surface area contributed by atoms with Crippen LogP contribution in [-0.2, 0) is 20.1 Å². The third-order valence-corrected chi connectivity index (χ3v) is 5.26. The van der Waals surface area contributed by atoms with Crippen LogP contribution in [0, 0.1) is 11.8 Å². The molecule has 1 aromatic carbocycles. The number of carbonyl (C=O) groups excluding carboxylic acids is 1. The van der Waals surface area contributed by atoms with E-state index >= 15 is 0 Å². The molecule has 1 saturated heterocycles. The lowest BCUT2D eigenvalue weighted by Crippen LogP contribution is -2.38. The highest BCUT2D eigenvalue weighted by Crippen LogP contribution is 2.23. The monoisotopic (exact) mass is 367 g/mol. The summed E-state index contributed by atoms with van der Waals surface area (Å²) in [4.78, 5) is 26.6. The van der Waals surface area contributed by atoms with E-state index in [9.17, 15) is 9.59 Å². The molecular formula is C22H29N3O2. The van der Waals surface area contributed by atoms with Gasteiger partial charge in [0.2, 0.25) is 0 Å². The second-order valence-electron chi connectivity index (χ2n) is 7.96. The van der Waals surface area contributed by atoms with E-state index in [-0.39, 0.29) is 11.5 Å². The highest BCUT2D eigenvalue weighted by molar-refractivity contribution is 5.93. The van der Waals surface area contributed by atoms with Gasteiger partial charge in [-0.1, -0.05) is 38.1 Å². The molecule has 1 aromatic heterocycles. The maximum Gasteiger partial charge on any atom is 0.251 e. The van der Waals surface area contributed by atoms with Gasteiger partial charge in [0, 0.05) is 51.1 Å².